The largest absolute Gasteiger partial charge is 0.463 e. The van der Waals surface area contributed by atoms with Crippen LogP contribution in [0.2, 0.25) is 0 Å². The maximum absolute atomic E-state index is 15.3. The van der Waals surface area contributed by atoms with E-state index in [1.165, 1.54) is 78.9 Å². The number of rotatable bonds is 25. The highest BCUT2D eigenvalue weighted by Crippen LogP contribution is 2.46. The first-order chi connectivity index (χ1) is 60.5. The summed E-state index contributed by atoms with van der Waals surface area (Å²) in [5.41, 5.74) is -3.40. The van der Waals surface area contributed by atoms with Crippen LogP contribution in [0.15, 0.2) is 115 Å². The van der Waals surface area contributed by atoms with Gasteiger partial charge in [0.25, 0.3) is 0 Å². The highest BCUT2D eigenvalue weighted by Gasteiger charge is 2.57. The van der Waals surface area contributed by atoms with E-state index in [2.05, 4.69) is 9.97 Å². The van der Waals surface area contributed by atoms with E-state index in [0.29, 0.717) is 12.1 Å². The number of aromatic nitrogens is 4. The van der Waals surface area contributed by atoms with E-state index < -0.39 is 213 Å². The number of hydrogen-bond acceptors (Lipinski definition) is 32. The van der Waals surface area contributed by atoms with E-state index in [1.54, 1.807) is 42.5 Å². The van der Waals surface area contributed by atoms with Crippen molar-refractivity contribution in [2.45, 2.75) is 188 Å². The Morgan fingerprint density at radius 2 is 0.531 bits per heavy atom. The van der Waals surface area contributed by atoms with Crippen molar-refractivity contribution in [1.82, 2.24) is 19.9 Å². The lowest BCUT2D eigenvalue weighted by molar-refractivity contribution is -0.288. The predicted octanol–water partition coefficient (Wildman–Crippen LogP) is 11.7. The van der Waals surface area contributed by atoms with Crippen molar-refractivity contribution in [3.05, 3.63) is 149 Å². The Labute approximate surface area is 722 Å². The second-order valence-electron chi connectivity index (χ2n) is 29.4. The summed E-state index contributed by atoms with van der Waals surface area (Å²) < 4.78 is 197. The van der Waals surface area contributed by atoms with Gasteiger partial charge in [0, 0.05) is 127 Å². The van der Waals surface area contributed by atoms with Crippen LogP contribution in [-0.2, 0) is 141 Å². The van der Waals surface area contributed by atoms with E-state index in [4.69, 9.17) is 95.2 Å². The number of nitrogens with zero attached hydrogens (tertiary/aromatic N) is 2. The molecule has 128 heavy (non-hydrogen) atoms. The van der Waals surface area contributed by atoms with E-state index in [9.17, 15) is 57.5 Å². The van der Waals surface area contributed by atoms with Gasteiger partial charge in [0.2, 0.25) is 37.2 Å². The van der Waals surface area contributed by atoms with Crippen LogP contribution in [0, 0.1) is 0 Å². The minimum absolute atomic E-state index is 0.0400. The number of H-pyrrole nitrogens is 2. The quantitative estimate of drug-likeness (QED) is 0.0305. The molecular formula is C88H82F6N4O30. The molecule has 0 spiro atoms. The molecule has 0 radical (unpaired) electrons. The Bertz CT molecular complexity index is 5590. The number of aromatic amines is 2. The molecule has 0 saturated carbocycles. The smallest absolute Gasteiger partial charge is 0.416 e. The second kappa shape index (κ2) is 39.3. The summed E-state index contributed by atoms with van der Waals surface area (Å²) >= 11 is 0. The van der Waals surface area contributed by atoms with E-state index in [-0.39, 0.29) is 107 Å². The highest BCUT2D eigenvalue weighted by molar-refractivity contribution is 6.00. The molecule has 5 aliphatic heterocycles. The van der Waals surface area contributed by atoms with Gasteiger partial charge in [0.1, 0.15) is 55.4 Å². The van der Waals surface area contributed by atoms with Crippen molar-refractivity contribution in [3.8, 4) is 61.8 Å². The fourth-order valence-corrected chi connectivity index (χ4v) is 14.9. The maximum atomic E-state index is 15.3. The summed E-state index contributed by atoms with van der Waals surface area (Å²) in [6.07, 6.45) is -29.9. The monoisotopic (exact) mass is 1790 g/mol. The van der Waals surface area contributed by atoms with Crippen molar-refractivity contribution in [1.29, 1.82) is 0 Å². The molecule has 40 heteroatoms. The molecule has 7 aromatic rings. The lowest BCUT2D eigenvalue weighted by Crippen LogP contribution is -2.63. The molecule has 2 N–H and O–H groups in total. The Hall–Kier alpha value is -14.0. The number of ether oxygens (including phenoxy) is 18. The van der Waals surface area contributed by atoms with Gasteiger partial charge in [-0.3, -0.25) is 57.5 Å². The fraction of sp³-hybridized carbons (Fsp3) is 0.364. The fourth-order valence-electron chi connectivity index (χ4n) is 14.9. The zero-order chi connectivity index (χ0) is 92.7. The van der Waals surface area contributed by atoms with Gasteiger partial charge in [0.15, 0.2) is 36.6 Å². The van der Waals surface area contributed by atoms with Gasteiger partial charge in [0.05, 0.1) is 33.9 Å². The van der Waals surface area contributed by atoms with Gasteiger partial charge in [-0.15, -0.1) is 0 Å². The van der Waals surface area contributed by atoms with E-state index in [0.717, 1.165) is 83.1 Å². The van der Waals surface area contributed by atoms with Crippen LogP contribution < -0.4 is 14.2 Å². The summed E-state index contributed by atoms with van der Waals surface area (Å²) in [5, 5.41) is 0. The molecule has 15 atom stereocenters. The molecule has 3 aromatic heterocycles. The lowest BCUT2D eigenvalue weighted by atomic mass is 9.98. The van der Waals surface area contributed by atoms with Crippen LogP contribution in [-0.4, -0.2) is 204 Å². The molecule has 34 nitrogen and oxygen atoms in total. The van der Waals surface area contributed by atoms with Crippen LogP contribution in [0.3, 0.4) is 0 Å². The Morgan fingerprint density at radius 1 is 0.297 bits per heavy atom. The number of carbonyl (C=O) groups excluding carboxylic acids is 12. The predicted molar refractivity (Wildman–Crippen MR) is 428 cm³/mol. The van der Waals surface area contributed by atoms with Crippen LogP contribution in [0.4, 0.5) is 26.3 Å². The van der Waals surface area contributed by atoms with Crippen molar-refractivity contribution in [2.24, 2.45) is 0 Å². The summed E-state index contributed by atoms with van der Waals surface area (Å²) in [4.78, 5) is 170. The van der Waals surface area contributed by atoms with Gasteiger partial charge < -0.3 is 95.2 Å². The molecule has 676 valence electrons. The van der Waals surface area contributed by atoms with E-state index >= 15 is 26.3 Å². The molecular weight excluding hydrogens is 1710 g/mol. The Morgan fingerprint density at radius 3 is 0.766 bits per heavy atom. The molecule has 3 fully saturated rings. The zero-order valence-corrected chi connectivity index (χ0v) is 70.0. The molecule has 5 aliphatic rings. The summed E-state index contributed by atoms with van der Waals surface area (Å²) in [7, 11) is 0. The van der Waals surface area contributed by atoms with Gasteiger partial charge in [-0.25, -0.2) is 9.97 Å². The molecule has 4 aromatic carbocycles. The lowest BCUT2D eigenvalue weighted by Gasteiger charge is -2.43. The number of fused-ring (bicyclic) bond motifs is 8. The van der Waals surface area contributed by atoms with Gasteiger partial charge in [-0.2, -0.15) is 26.3 Å². The first kappa shape index (κ1) is 93.1. The first-order valence-corrected chi connectivity index (χ1v) is 39.2. The van der Waals surface area contributed by atoms with Crippen LogP contribution in [0.25, 0.3) is 90.9 Å². The van der Waals surface area contributed by atoms with Crippen molar-refractivity contribution >= 4 is 118 Å². The minimum atomic E-state index is -5.40. The number of hydrogen-bond donors (Lipinski definition) is 2. The van der Waals surface area contributed by atoms with Gasteiger partial charge in [-0.1, -0.05) is 36.4 Å². The van der Waals surface area contributed by atoms with Gasteiger partial charge >= 0.3 is 84.0 Å². The average molecular weight is 1790 g/mol. The SMILES string of the molecule is CC(=O)OCC1O[C@@H](Oc2cccc(-c3c4nc(c(-c5cccc(O[C@@H]6OC(COC(C)=O)[C@H](OC(C)=O)C(OC(C)=O)[C@@H]6OC(C)=O)c5)c5ccc([nH]5)c(-c5cc(C(F)(F)F)cc(C(F)(F)F)c5)c5nc(c(-c6cccc(O[C@@H]7OC(COC(C)=O)[C@H](OC(C)=O)C(OC(C)=O)[C@@H]7OC(C)=O)c6)c6ccc3[nH]6)C=C5)C=C4)c2)[C@@H](OC(C)=O)C(OC(C)=O)[C@H]1OC(C)=O. The topological polar surface area (TPSA) is 428 Å². The third kappa shape index (κ3) is 22.6. The Kier molecular flexibility index (Phi) is 28.6. The molecule has 8 heterocycles. The zero-order valence-electron chi connectivity index (χ0n) is 70.0. The van der Waals surface area contributed by atoms with Crippen LogP contribution in [0.5, 0.6) is 17.2 Å². The summed E-state index contributed by atoms with van der Waals surface area (Å²) in [5.74, 6) is -11.3. The molecule has 12 rings (SSSR count). The third-order valence-corrected chi connectivity index (χ3v) is 19.6. The summed E-state index contributed by atoms with van der Waals surface area (Å²) in [6, 6.07) is 24.8. The van der Waals surface area contributed by atoms with Crippen molar-refractivity contribution in [2.75, 3.05) is 19.8 Å². The number of carbonyl (C=O) groups is 12. The van der Waals surface area contributed by atoms with Crippen molar-refractivity contribution < 1.29 is 169 Å². The van der Waals surface area contributed by atoms with E-state index in [1.807, 2.05) is 0 Å². The summed E-state index contributed by atoms with van der Waals surface area (Å²) in [6.45, 7) is 10.5. The molecule has 6 unspecified atom stereocenters. The maximum Gasteiger partial charge on any atom is 0.416 e. The first-order valence-electron chi connectivity index (χ1n) is 39.2. The molecule has 3 saturated heterocycles. The highest BCUT2D eigenvalue weighted by atomic mass is 19.4. The normalized spacial score (nSPS) is 22.4. The molecule has 0 aliphatic carbocycles. The second-order valence-corrected chi connectivity index (χ2v) is 29.4. The number of nitrogens with one attached hydrogen (secondary N) is 2. The Balaban J connectivity index is 1.13. The third-order valence-electron chi connectivity index (χ3n) is 19.6. The van der Waals surface area contributed by atoms with Crippen LogP contribution in [0.1, 0.15) is 117 Å². The molecule has 8 bridgehead atoms. The minimum Gasteiger partial charge on any atom is -0.463 e. The number of alkyl halides is 6. The number of halogens is 6. The van der Waals surface area contributed by atoms with Crippen LogP contribution >= 0.6 is 0 Å². The number of benzene rings is 4. The average Bonchev–Trinajstić information content (AvgIpc) is 1.64. The number of esters is 12. The standard InChI is InChI=1S/C88H82F6N4O30/c1-39(99)111-36-68-75(114-42(4)102)78(117-45(7)105)81(120-48(10)108)84(126-68)123-57-19-13-16-51(32-57)71-60-22-24-62(95-60)72(52-17-14-20-58(33-52)124-85-82(121-49(11)109)79(118-46(8)106)76(115-43(5)103)69(127-85)37-112-40(2)100)64-26-28-66(97-64)74(54-30-55(87(89,90)91)35-56(31-54)88(92,93)94)67-29-27-65(98-67)73(63-25-23-61(71)96-63)53-18-15-21-59(34-53)125-86-83(122-50(12)110)80(119-47(9)107)77(116-44(6)104)70(128-86)38-113-41(3)101/h13-35,68-70,75-86,95,98H,36-38H2,1-12H3/t68?,69?,70?,75-,76-,77-,78?,79?,80?,81-,82-,83-,84+,85+,86+/m0/s1. The molecule has 0 amide bonds. The van der Waals surface area contributed by atoms with Crippen molar-refractivity contribution in [3.63, 3.8) is 0 Å². The van der Waals surface area contributed by atoms with Gasteiger partial charge in [-0.05, 0) is 125 Å².